The number of imide groups is 1. The molecule has 4 atom stereocenters. The molecule has 3 saturated heterocycles. The lowest BCUT2D eigenvalue weighted by Crippen LogP contribution is -2.66. The molecule has 3 amide bonds. The monoisotopic (exact) mass is 445 g/mol. The van der Waals surface area contributed by atoms with Gasteiger partial charge in [0.1, 0.15) is 18.5 Å². The zero-order valence-corrected chi connectivity index (χ0v) is 19.4. The fraction of sp³-hybridized carbons (Fsp3) is 0.385. The van der Waals surface area contributed by atoms with E-state index in [1.165, 1.54) is 10.5 Å². The van der Waals surface area contributed by atoms with Gasteiger partial charge in [0.2, 0.25) is 0 Å². The minimum Gasteiger partial charge on any atom is -0.343 e. The van der Waals surface area contributed by atoms with Crippen LogP contribution in [0.15, 0.2) is 60.7 Å². The fourth-order valence-corrected chi connectivity index (χ4v) is 5.25. The molecule has 0 radical (unpaired) electrons. The van der Waals surface area contributed by atoms with E-state index in [-0.39, 0.29) is 30.9 Å². The Bertz CT molecular complexity index is 1070. The lowest BCUT2D eigenvalue weighted by Gasteiger charge is -2.46. The molecule has 4 unspecified atom stereocenters. The molecule has 172 valence electrons. The van der Waals surface area contributed by atoms with E-state index in [1.54, 1.807) is 11.9 Å². The van der Waals surface area contributed by atoms with Gasteiger partial charge in [0.05, 0.1) is 0 Å². The van der Waals surface area contributed by atoms with Gasteiger partial charge >= 0.3 is 6.03 Å². The molecule has 2 aromatic rings. The number of likely N-dealkylation sites (N-methyl/N-ethyl adjacent to an activating group) is 1. The lowest BCUT2D eigenvalue weighted by molar-refractivity contribution is -0.138. The summed E-state index contributed by atoms with van der Waals surface area (Å²) < 4.78 is 0. The number of rotatable bonds is 4. The molecule has 3 heterocycles. The average Bonchev–Trinajstić information content (AvgIpc) is 3.19. The van der Waals surface area contributed by atoms with Gasteiger partial charge < -0.3 is 9.80 Å². The van der Waals surface area contributed by atoms with Crippen molar-refractivity contribution in [3.05, 3.63) is 71.8 Å². The van der Waals surface area contributed by atoms with E-state index >= 15 is 0 Å². The Morgan fingerprint density at radius 2 is 1.85 bits per heavy atom. The molecule has 5 rings (SSSR count). The highest BCUT2D eigenvalue weighted by molar-refractivity contribution is 6.00. The van der Waals surface area contributed by atoms with E-state index in [0.717, 1.165) is 24.3 Å². The summed E-state index contributed by atoms with van der Waals surface area (Å²) in [6.45, 7) is 6.27. The molecule has 0 spiro atoms. The number of benzene rings is 2. The lowest BCUT2D eigenvalue weighted by atomic mass is 10.0. The largest absolute Gasteiger partial charge is 0.343 e. The number of anilines is 1. The second-order valence-corrected chi connectivity index (χ2v) is 9.38. The number of amides is 3. The summed E-state index contributed by atoms with van der Waals surface area (Å²) in [5.41, 5.74) is 3.38. The number of carbonyl (C=O) groups is 2. The summed E-state index contributed by atoms with van der Waals surface area (Å²) in [4.78, 5) is 34.3. The van der Waals surface area contributed by atoms with Crippen LogP contribution >= 0.6 is 0 Å². The van der Waals surface area contributed by atoms with E-state index in [0.29, 0.717) is 5.92 Å². The Balaban J connectivity index is 1.40. The van der Waals surface area contributed by atoms with Gasteiger partial charge in [-0.3, -0.25) is 19.9 Å². The van der Waals surface area contributed by atoms with Crippen LogP contribution in [0.2, 0.25) is 0 Å². The minimum atomic E-state index is -0.405. The number of urea groups is 1. The number of carbonyl (C=O) groups excluding carboxylic acids is 2. The zero-order valence-electron chi connectivity index (χ0n) is 19.4. The van der Waals surface area contributed by atoms with E-state index in [4.69, 9.17) is 0 Å². The zero-order chi connectivity index (χ0) is 23.1. The average molecular weight is 446 g/mol. The molecule has 0 aromatic heterocycles. The molecule has 3 aliphatic rings. The van der Waals surface area contributed by atoms with Crippen LogP contribution in [0.3, 0.4) is 0 Å². The first-order valence-corrected chi connectivity index (χ1v) is 11.6. The summed E-state index contributed by atoms with van der Waals surface area (Å²) in [7, 11) is 1.78. The van der Waals surface area contributed by atoms with Crippen molar-refractivity contribution in [1.82, 2.24) is 20.0 Å². The number of aryl methyl sites for hydroxylation is 1. The van der Waals surface area contributed by atoms with Gasteiger partial charge in [-0.2, -0.15) is 0 Å². The van der Waals surface area contributed by atoms with Crippen LogP contribution in [0.4, 0.5) is 10.5 Å². The van der Waals surface area contributed by atoms with E-state index < -0.39 is 6.04 Å². The first-order valence-electron chi connectivity index (χ1n) is 11.6. The van der Waals surface area contributed by atoms with Gasteiger partial charge in [-0.25, -0.2) is 4.79 Å². The fourth-order valence-electron chi connectivity index (χ4n) is 5.25. The number of nitrogens with zero attached hydrogens (tertiary/aromatic N) is 4. The molecule has 7 nitrogen and oxygen atoms in total. The topological polar surface area (TPSA) is 59.1 Å². The number of fused-ring (bicyclic) bond motifs is 3. The standard InChI is InChI=1S/C26H31N5O2/c1-18-9-7-13-21(15-18)30-16-19(2)17-31-22-23(27-25(30)31)28(3)26(33)29(24(22)32)14-8-12-20-10-5-4-6-11-20/h4-13,15,19,22-23,25,27H,14,16-17H2,1-3H3/b12-8+. The van der Waals surface area contributed by atoms with Gasteiger partial charge in [-0.05, 0) is 36.1 Å². The summed E-state index contributed by atoms with van der Waals surface area (Å²) in [5.74, 6) is 0.263. The van der Waals surface area contributed by atoms with Crippen LogP contribution in [0, 0.1) is 12.8 Å². The van der Waals surface area contributed by atoms with Crippen LogP contribution in [0.5, 0.6) is 0 Å². The highest BCUT2D eigenvalue weighted by atomic mass is 16.2. The maximum absolute atomic E-state index is 13.6. The van der Waals surface area contributed by atoms with Gasteiger partial charge in [-0.15, -0.1) is 0 Å². The van der Waals surface area contributed by atoms with Crippen molar-refractivity contribution in [3.8, 4) is 0 Å². The Hall–Kier alpha value is -3.16. The third kappa shape index (κ3) is 3.92. The van der Waals surface area contributed by atoms with Gasteiger partial charge in [0.25, 0.3) is 5.91 Å². The Labute approximate surface area is 195 Å². The predicted octanol–water partition coefficient (Wildman–Crippen LogP) is 2.94. The van der Waals surface area contributed by atoms with Crippen molar-refractivity contribution < 1.29 is 9.59 Å². The third-order valence-corrected chi connectivity index (χ3v) is 6.82. The van der Waals surface area contributed by atoms with E-state index in [1.807, 2.05) is 42.5 Å². The quantitative estimate of drug-likeness (QED) is 0.784. The highest BCUT2D eigenvalue weighted by Crippen LogP contribution is 2.34. The molecular weight excluding hydrogens is 414 g/mol. The Morgan fingerprint density at radius 3 is 2.61 bits per heavy atom. The Morgan fingerprint density at radius 1 is 1.06 bits per heavy atom. The maximum atomic E-state index is 13.6. The molecule has 3 fully saturated rings. The second kappa shape index (κ2) is 8.65. The Kier molecular flexibility index (Phi) is 5.68. The van der Waals surface area contributed by atoms with E-state index in [9.17, 15) is 9.59 Å². The molecule has 2 aromatic carbocycles. The molecule has 3 aliphatic heterocycles. The van der Waals surface area contributed by atoms with Crippen molar-refractivity contribution in [3.63, 3.8) is 0 Å². The van der Waals surface area contributed by atoms with E-state index in [2.05, 4.69) is 53.2 Å². The van der Waals surface area contributed by atoms with Gasteiger partial charge in [0, 0.05) is 32.4 Å². The first kappa shape index (κ1) is 21.7. The highest BCUT2D eigenvalue weighted by Gasteiger charge is 2.56. The smallest absolute Gasteiger partial charge is 0.328 e. The molecule has 0 aliphatic carbocycles. The van der Waals surface area contributed by atoms with Crippen molar-refractivity contribution in [2.75, 3.05) is 31.6 Å². The van der Waals surface area contributed by atoms with Gasteiger partial charge in [0.15, 0.2) is 0 Å². The van der Waals surface area contributed by atoms with Crippen molar-refractivity contribution in [2.24, 2.45) is 5.92 Å². The van der Waals surface area contributed by atoms with Crippen LogP contribution in [-0.4, -0.2) is 71.8 Å². The summed E-state index contributed by atoms with van der Waals surface area (Å²) in [6, 6.07) is 17.7. The second-order valence-electron chi connectivity index (χ2n) is 9.38. The van der Waals surface area contributed by atoms with Crippen LogP contribution in [0.1, 0.15) is 18.1 Å². The summed E-state index contributed by atoms with van der Waals surface area (Å²) in [5, 5.41) is 3.59. The van der Waals surface area contributed by atoms with Crippen LogP contribution in [0.25, 0.3) is 6.08 Å². The third-order valence-electron chi connectivity index (χ3n) is 6.82. The number of hydrogen-bond donors (Lipinski definition) is 1. The molecular formula is C26H31N5O2. The van der Waals surface area contributed by atoms with Gasteiger partial charge in [-0.1, -0.05) is 61.5 Å². The maximum Gasteiger partial charge on any atom is 0.328 e. The molecule has 33 heavy (non-hydrogen) atoms. The molecule has 7 heteroatoms. The number of hydrogen-bond acceptors (Lipinski definition) is 5. The number of nitrogens with one attached hydrogen (secondary N) is 1. The molecule has 0 saturated carbocycles. The van der Waals surface area contributed by atoms with Crippen LogP contribution < -0.4 is 10.2 Å². The van der Waals surface area contributed by atoms with Crippen molar-refractivity contribution in [1.29, 1.82) is 0 Å². The van der Waals surface area contributed by atoms with Crippen LogP contribution in [-0.2, 0) is 4.79 Å². The molecule has 0 bridgehead atoms. The van der Waals surface area contributed by atoms with Crippen molar-refractivity contribution in [2.45, 2.75) is 32.3 Å². The minimum absolute atomic E-state index is 0.128. The first-order chi connectivity index (χ1) is 15.9. The normalized spacial score (nSPS) is 27.9. The molecule has 1 N–H and O–H groups in total. The predicted molar refractivity (Wildman–Crippen MR) is 129 cm³/mol. The SMILES string of the molecule is Cc1cccc(N2CC(C)CN3C4C(=O)N(C/C=C/c5ccccc5)C(=O)N(C)C4NC23)c1. The van der Waals surface area contributed by atoms with Crippen molar-refractivity contribution >= 4 is 23.7 Å². The summed E-state index contributed by atoms with van der Waals surface area (Å²) >= 11 is 0. The summed E-state index contributed by atoms with van der Waals surface area (Å²) in [6.07, 6.45) is 3.36.